The van der Waals surface area contributed by atoms with Crippen LogP contribution in [0.4, 0.5) is 5.82 Å². The Hall–Kier alpha value is -1.07. The van der Waals surface area contributed by atoms with Crippen molar-refractivity contribution in [3.63, 3.8) is 0 Å². The van der Waals surface area contributed by atoms with E-state index in [1.165, 1.54) is 19.2 Å². The van der Waals surface area contributed by atoms with Crippen LogP contribution in [0.5, 0.6) is 0 Å². The highest BCUT2D eigenvalue weighted by molar-refractivity contribution is 6.32. The molecule has 0 aromatic carbocycles. The Morgan fingerprint density at radius 1 is 1.50 bits per heavy atom. The average molecular weight is 243 g/mol. The number of halogens is 1. The number of H-pyrrole nitrogens is 1. The van der Waals surface area contributed by atoms with E-state index < -0.39 is 0 Å². The molecule has 1 aliphatic rings. The highest BCUT2D eigenvalue weighted by Crippen LogP contribution is 2.18. The van der Waals surface area contributed by atoms with Crippen molar-refractivity contribution >= 4 is 17.4 Å². The summed E-state index contributed by atoms with van der Waals surface area (Å²) in [6.07, 6.45) is 4.93. The molecule has 1 heterocycles. The van der Waals surface area contributed by atoms with E-state index in [0.717, 1.165) is 25.6 Å². The van der Waals surface area contributed by atoms with Gasteiger partial charge in [0.2, 0.25) is 0 Å². The fourth-order valence-corrected chi connectivity index (χ4v) is 1.57. The van der Waals surface area contributed by atoms with Crippen molar-refractivity contribution in [3.05, 3.63) is 21.7 Å². The van der Waals surface area contributed by atoms with E-state index in [1.54, 1.807) is 0 Å². The van der Waals surface area contributed by atoms with Crippen LogP contribution in [-0.2, 0) is 0 Å². The fraction of sp³-hybridized carbons (Fsp3) is 0.600. The quantitative estimate of drug-likeness (QED) is 0.651. The van der Waals surface area contributed by atoms with Crippen LogP contribution in [0.3, 0.4) is 0 Å². The van der Waals surface area contributed by atoms with Gasteiger partial charge in [0.1, 0.15) is 5.02 Å². The van der Waals surface area contributed by atoms with Crippen molar-refractivity contribution < 1.29 is 0 Å². The summed E-state index contributed by atoms with van der Waals surface area (Å²) in [6.45, 7) is 1.74. The maximum absolute atomic E-state index is 11.1. The molecule has 16 heavy (non-hydrogen) atoms. The molecule has 0 aliphatic heterocycles. The molecule has 0 bridgehead atoms. The van der Waals surface area contributed by atoms with E-state index in [9.17, 15) is 4.79 Å². The van der Waals surface area contributed by atoms with Crippen LogP contribution in [0.2, 0.25) is 5.02 Å². The lowest BCUT2D eigenvalue weighted by molar-refractivity contribution is 0.658. The molecule has 6 heteroatoms. The first-order chi connectivity index (χ1) is 7.77. The summed E-state index contributed by atoms with van der Waals surface area (Å²) < 4.78 is 0. The molecule has 1 fully saturated rings. The first-order valence-electron chi connectivity index (χ1n) is 5.48. The predicted octanol–water partition coefficient (Wildman–Crippen LogP) is 0.977. The van der Waals surface area contributed by atoms with E-state index >= 15 is 0 Å². The highest BCUT2D eigenvalue weighted by atomic mass is 35.5. The van der Waals surface area contributed by atoms with Crippen molar-refractivity contribution in [2.75, 3.05) is 18.4 Å². The molecule has 2 rings (SSSR count). The van der Waals surface area contributed by atoms with Crippen LogP contribution in [0.15, 0.2) is 11.1 Å². The summed E-state index contributed by atoms with van der Waals surface area (Å²) >= 11 is 5.78. The lowest BCUT2D eigenvalue weighted by atomic mass is 10.4. The normalized spacial score (nSPS) is 15.1. The number of anilines is 1. The Labute approximate surface area is 98.6 Å². The topological polar surface area (TPSA) is 69.8 Å². The summed E-state index contributed by atoms with van der Waals surface area (Å²) in [7, 11) is 0. The zero-order valence-corrected chi connectivity index (χ0v) is 9.68. The summed E-state index contributed by atoms with van der Waals surface area (Å²) in [5.41, 5.74) is -0.310. The van der Waals surface area contributed by atoms with Gasteiger partial charge >= 0.3 is 0 Å². The molecule has 5 nitrogen and oxygen atoms in total. The summed E-state index contributed by atoms with van der Waals surface area (Å²) in [4.78, 5) is 17.5. The van der Waals surface area contributed by atoms with E-state index in [-0.39, 0.29) is 10.6 Å². The third kappa shape index (κ3) is 3.21. The van der Waals surface area contributed by atoms with Crippen LogP contribution >= 0.6 is 11.6 Å². The number of rotatable bonds is 6. The number of nitrogens with zero attached hydrogens (tertiary/aromatic N) is 1. The molecule has 1 aromatic heterocycles. The largest absolute Gasteiger partial charge is 0.369 e. The molecular formula is C10H15ClN4O. The Morgan fingerprint density at radius 2 is 2.31 bits per heavy atom. The van der Waals surface area contributed by atoms with E-state index in [4.69, 9.17) is 11.6 Å². The molecule has 0 spiro atoms. The molecule has 1 aliphatic carbocycles. The maximum Gasteiger partial charge on any atom is 0.271 e. The standard InChI is InChI=1S/C10H15ClN4O/c11-8-9(14-6-15-10(8)16)13-5-1-4-12-7-2-3-7/h6-7,12H,1-5H2,(H2,13,14,15,16). The minimum Gasteiger partial charge on any atom is -0.369 e. The van der Waals surface area contributed by atoms with Gasteiger partial charge in [-0.1, -0.05) is 11.6 Å². The van der Waals surface area contributed by atoms with Crippen LogP contribution < -0.4 is 16.2 Å². The monoisotopic (exact) mass is 242 g/mol. The molecular weight excluding hydrogens is 228 g/mol. The van der Waals surface area contributed by atoms with Gasteiger partial charge in [0.15, 0.2) is 5.82 Å². The van der Waals surface area contributed by atoms with Gasteiger partial charge in [-0.05, 0) is 25.8 Å². The fourth-order valence-electron chi connectivity index (χ4n) is 1.40. The molecule has 0 saturated heterocycles. The Morgan fingerprint density at radius 3 is 3.06 bits per heavy atom. The van der Waals surface area contributed by atoms with Crippen molar-refractivity contribution in [3.8, 4) is 0 Å². The second-order valence-corrected chi connectivity index (χ2v) is 4.28. The van der Waals surface area contributed by atoms with Crippen molar-refractivity contribution in [1.29, 1.82) is 0 Å². The lowest BCUT2D eigenvalue weighted by Gasteiger charge is -2.06. The van der Waals surface area contributed by atoms with Crippen molar-refractivity contribution in [2.45, 2.75) is 25.3 Å². The zero-order valence-electron chi connectivity index (χ0n) is 8.92. The number of aromatic amines is 1. The summed E-state index contributed by atoms with van der Waals surface area (Å²) in [5.74, 6) is 0.455. The molecule has 0 radical (unpaired) electrons. The molecule has 3 N–H and O–H groups in total. The highest BCUT2D eigenvalue weighted by Gasteiger charge is 2.19. The third-order valence-corrected chi connectivity index (χ3v) is 2.80. The minimum atomic E-state index is -0.310. The lowest BCUT2D eigenvalue weighted by Crippen LogP contribution is -2.20. The molecule has 0 atom stereocenters. The molecule has 1 saturated carbocycles. The number of hydrogen-bond acceptors (Lipinski definition) is 4. The van der Waals surface area contributed by atoms with Gasteiger partial charge in [-0.25, -0.2) is 4.98 Å². The average Bonchev–Trinajstić information content (AvgIpc) is 3.07. The smallest absolute Gasteiger partial charge is 0.271 e. The first-order valence-corrected chi connectivity index (χ1v) is 5.85. The van der Waals surface area contributed by atoms with Crippen LogP contribution in [-0.4, -0.2) is 29.1 Å². The first kappa shape index (κ1) is 11.4. The number of hydrogen-bond donors (Lipinski definition) is 3. The van der Waals surface area contributed by atoms with Gasteiger partial charge in [-0.3, -0.25) is 4.79 Å². The van der Waals surface area contributed by atoms with Crippen molar-refractivity contribution in [1.82, 2.24) is 15.3 Å². The zero-order chi connectivity index (χ0) is 11.4. The van der Waals surface area contributed by atoms with E-state index in [0.29, 0.717) is 5.82 Å². The molecule has 0 amide bonds. The van der Waals surface area contributed by atoms with Gasteiger partial charge in [0.25, 0.3) is 5.56 Å². The van der Waals surface area contributed by atoms with Crippen LogP contribution in [0.25, 0.3) is 0 Å². The molecule has 1 aromatic rings. The Bertz CT molecular complexity index is 402. The van der Waals surface area contributed by atoms with Crippen LogP contribution in [0, 0.1) is 0 Å². The van der Waals surface area contributed by atoms with Gasteiger partial charge in [-0.15, -0.1) is 0 Å². The van der Waals surface area contributed by atoms with E-state index in [1.807, 2.05) is 0 Å². The third-order valence-electron chi connectivity index (χ3n) is 2.45. The summed E-state index contributed by atoms with van der Waals surface area (Å²) in [5, 5.41) is 6.58. The Kier molecular flexibility index (Phi) is 3.79. The summed E-state index contributed by atoms with van der Waals surface area (Å²) in [6, 6.07) is 0.737. The number of nitrogens with one attached hydrogen (secondary N) is 3. The second-order valence-electron chi connectivity index (χ2n) is 3.90. The van der Waals surface area contributed by atoms with Crippen LogP contribution in [0.1, 0.15) is 19.3 Å². The Balaban J connectivity index is 1.71. The second kappa shape index (κ2) is 5.32. The molecule has 88 valence electrons. The number of aromatic nitrogens is 2. The van der Waals surface area contributed by atoms with E-state index in [2.05, 4.69) is 20.6 Å². The SMILES string of the molecule is O=c1[nH]cnc(NCCCNC2CC2)c1Cl. The van der Waals surface area contributed by atoms with Gasteiger partial charge in [0.05, 0.1) is 6.33 Å². The molecule has 0 unspecified atom stereocenters. The van der Waals surface area contributed by atoms with Gasteiger partial charge < -0.3 is 15.6 Å². The van der Waals surface area contributed by atoms with Gasteiger partial charge in [-0.2, -0.15) is 0 Å². The predicted molar refractivity (Wildman–Crippen MR) is 64.0 cm³/mol. The minimum absolute atomic E-state index is 0.123. The van der Waals surface area contributed by atoms with Crippen molar-refractivity contribution in [2.24, 2.45) is 0 Å². The maximum atomic E-state index is 11.1. The van der Waals surface area contributed by atoms with Gasteiger partial charge in [0, 0.05) is 12.6 Å².